The monoisotopic (exact) mass is 278 g/mol. The molecule has 3 heterocycles. The van der Waals surface area contributed by atoms with Gasteiger partial charge in [0.2, 0.25) is 4.96 Å². The molecular weight excluding hydrogens is 260 g/mol. The highest BCUT2D eigenvalue weighted by molar-refractivity contribution is 7.16. The Labute approximate surface area is 115 Å². The molecule has 0 bridgehead atoms. The Morgan fingerprint density at radius 1 is 1.47 bits per heavy atom. The number of nitrogens with zero attached hydrogens (tertiary/aromatic N) is 3. The van der Waals surface area contributed by atoms with Crippen LogP contribution in [0.25, 0.3) is 4.96 Å². The molecule has 1 atom stereocenters. The van der Waals surface area contributed by atoms with Crippen LogP contribution in [0.4, 0.5) is 0 Å². The van der Waals surface area contributed by atoms with E-state index in [4.69, 9.17) is 0 Å². The van der Waals surface area contributed by atoms with Crippen LogP contribution < -0.4 is 10.9 Å². The number of nitrogens with one attached hydrogen (secondary N) is 1. The molecule has 1 aliphatic rings. The summed E-state index contributed by atoms with van der Waals surface area (Å²) in [6.45, 7) is 5.12. The van der Waals surface area contributed by atoms with Crippen LogP contribution >= 0.6 is 11.3 Å². The van der Waals surface area contributed by atoms with Gasteiger partial charge in [0, 0.05) is 6.07 Å². The van der Waals surface area contributed by atoms with Gasteiger partial charge in [0.25, 0.3) is 5.56 Å². The van der Waals surface area contributed by atoms with E-state index in [-0.39, 0.29) is 17.5 Å². The second kappa shape index (κ2) is 5.02. The van der Waals surface area contributed by atoms with E-state index in [9.17, 15) is 4.79 Å². The first-order chi connectivity index (χ1) is 9.15. The first kappa shape index (κ1) is 12.7. The second-order valence-corrected chi connectivity index (χ2v) is 6.30. The normalized spacial score (nSPS) is 20.3. The molecule has 0 saturated carbocycles. The second-order valence-electron chi connectivity index (χ2n) is 5.31. The predicted octanol–water partition coefficient (Wildman–Crippen LogP) is 2.09. The highest BCUT2D eigenvalue weighted by Gasteiger charge is 2.20. The van der Waals surface area contributed by atoms with Gasteiger partial charge in [0.1, 0.15) is 5.01 Å². The quantitative estimate of drug-likeness (QED) is 0.914. The lowest BCUT2D eigenvalue weighted by Crippen LogP contribution is -2.27. The van der Waals surface area contributed by atoms with E-state index in [0.29, 0.717) is 4.96 Å². The van der Waals surface area contributed by atoms with Crippen molar-refractivity contribution in [3.63, 3.8) is 0 Å². The van der Waals surface area contributed by atoms with Crippen molar-refractivity contribution in [2.24, 2.45) is 0 Å². The van der Waals surface area contributed by atoms with E-state index in [1.54, 1.807) is 6.07 Å². The maximum atomic E-state index is 12.0. The number of piperidine rings is 1. The average molecular weight is 278 g/mol. The predicted molar refractivity (Wildman–Crippen MR) is 75.8 cm³/mol. The Hall–Kier alpha value is -1.27. The molecule has 1 fully saturated rings. The van der Waals surface area contributed by atoms with Gasteiger partial charge >= 0.3 is 0 Å². The SMILES string of the molecule is CC(C)c1cc(=O)n2nc([C@H]3CCCCN3)sc2n1. The largest absolute Gasteiger partial charge is 0.308 e. The van der Waals surface area contributed by atoms with Crippen LogP contribution in [-0.2, 0) is 0 Å². The van der Waals surface area contributed by atoms with Gasteiger partial charge < -0.3 is 5.32 Å². The molecule has 0 aliphatic carbocycles. The van der Waals surface area contributed by atoms with Gasteiger partial charge in [-0.05, 0) is 25.3 Å². The fourth-order valence-corrected chi connectivity index (χ4v) is 3.36. The summed E-state index contributed by atoms with van der Waals surface area (Å²) in [4.78, 5) is 17.3. The number of hydrogen-bond acceptors (Lipinski definition) is 5. The molecule has 5 nitrogen and oxygen atoms in total. The maximum Gasteiger partial charge on any atom is 0.275 e. The third-order valence-corrected chi connectivity index (χ3v) is 4.50. The molecule has 102 valence electrons. The molecule has 6 heteroatoms. The van der Waals surface area contributed by atoms with Crippen molar-refractivity contribution in [2.75, 3.05) is 6.54 Å². The van der Waals surface area contributed by atoms with Crippen molar-refractivity contribution in [3.05, 3.63) is 27.1 Å². The molecule has 0 amide bonds. The zero-order valence-corrected chi connectivity index (χ0v) is 12.0. The molecular formula is C13H18N4OS. The Bertz CT molecular complexity index is 640. The molecule has 0 radical (unpaired) electrons. The average Bonchev–Trinajstić information content (AvgIpc) is 2.84. The van der Waals surface area contributed by atoms with Crippen molar-refractivity contribution in [1.82, 2.24) is 19.9 Å². The standard InChI is InChI=1S/C13H18N4OS/c1-8(2)10-7-11(18)17-13(15-10)19-12(16-17)9-5-3-4-6-14-9/h7-9,14H,3-6H2,1-2H3/t9-/m1/s1. The lowest BCUT2D eigenvalue weighted by Gasteiger charge is -2.20. The van der Waals surface area contributed by atoms with Crippen molar-refractivity contribution in [2.45, 2.75) is 45.1 Å². The van der Waals surface area contributed by atoms with Crippen LogP contribution in [0.15, 0.2) is 10.9 Å². The van der Waals surface area contributed by atoms with Gasteiger partial charge in [-0.3, -0.25) is 4.79 Å². The van der Waals surface area contributed by atoms with Gasteiger partial charge in [-0.25, -0.2) is 4.98 Å². The third-order valence-electron chi connectivity index (χ3n) is 3.48. The smallest absolute Gasteiger partial charge is 0.275 e. The molecule has 0 spiro atoms. The molecule has 0 aromatic carbocycles. The molecule has 1 saturated heterocycles. The Morgan fingerprint density at radius 2 is 2.32 bits per heavy atom. The van der Waals surface area contributed by atoms with Gasteiger partial charge in [-0.1, -0.05) is 31.6 Å². The molecule has 19 heavy (non-hydrogen) atoms. The third kappa shape index (κ3) is 2.42. The van der Waals surface area contributed by atoms with E-state index in [1.165, 1.54) is 28.7 Å². The number of fused-ring (bicyclic) bond motifs is 1. The fraction of sp³-hybridized carbons (Fsp3) is 0.615. The highest BCUT2D eigenvalue weighted by Crippen LogP contribution is 2.26. The summed E-state index contributed by atoms with van der Waals surface area (Å²) >= 11 is 1.53. The molecule has 2 aromatic heterocycles. The first-order valence-electron chi connectivity index (χ1n) is 6.79. The zero-order chi connectivity index (χ0) is 13.4. The Kier molecular flexibility index (Phi) is 3.36. The van der Waals surface area contributed by atoms with E-state index in [1.807, 2.05) is 13.8 Å². The number of aromatic nitrogens is 3. The molecule has 1 N–H and O–H groups in total. The van der Waals surface area contributed by atoms with Crippen molar-refractivity contribution in [1.29, 1.82) is 0 Å². The van der Waals surface area contributed by atoms with Crippen LogP contribution in [0, 0.1) is 0 Å². The summed E-state index contributed by atoms with van der Waals surface area (Å²) in [5, 5.41) is 8.87. The first-order valence-corrected chi connectivity index (χ1v) is 7.61. The van der Waals surface area contributed by atoms with Crippen LogP contribution in [0.3, 0.4) is 0 Å². The van der Waals surface area contributed by atoms with Gasteiger partial charge in [0.15, 0.2) is 0 Å². The van der Waals surface area contributed by atoms with E-state index >= 15 is 0 Å². The summed E-state index contributed by atoms with van der Waals surface area (Å²) in [6.07, 6.45) is 3.52. The van der Waals surface area contributed by atoms with Gasteiger partial charge in [-0.2, -0.15) is 9.61 Å². The van der Waals surface area contributed by atoms with Crippen molar-refractivity contribution < 1.29 is 0 Å². The fourth-order valence-electron chi connectivity index (χ4n) is 2.34. The summed E-state index contributed by atoms with van der Waals surface area (Å²) in [6, 6.07) is 1.87. The van der Waals surface area contributed by atoms with Crippen LogP contribution in [-0.4, -0.2) is 21.1 Å². The summed E-state index contributed by atoms with van der Waals surface area (Å²) < 4.78 is 1.43. The minimum atomic E-state index is -0.0768. The van der Waals surface area contributed by atoms with E-state index in [2.05, 4.69) is 15.4 Å². The molecule has 1 aliphatic heterocycles. The van der Waals surface area contributed by atoms with Crippen LogP contribution in [0.5, 0.6) is 0 Å². The topological polar surface area (TPSA) is 59.3 Å². The van der Waals surface area contributed by atoms with Crippen molar-refractivity contribution in [3.8, 4) is 0 Å². The lowest BCUT2D eigenvalue weighted by molar-refractivity contribution is 0.408. The zero-order valence-electron chi connectivity index (χ0n) is 11.2. The molecule has 2 aromatic rings. The van der Waals surface area contributed by atoms with Crippen LogP contribution in [0.1, 0.15) is 55.8 Å². The number of hydrogen-bond donors (Lipinski definition) is 1. The Morgan fingerprint density at radius 3 is 3.00 bits per heavy atom. The minimum Gasteiger partial charge on any atom is -0.308 e. The maximum absolute atomic E-state index is 12.0. The van der Waals surface area contributed by atoms with E-state index < -0.39 is 0 Å². The summed E-state index contributed by atoms with van der Waals surface area (Å²) in [7, 11) is 0. The summed E-state index contributed by atoms with van der Waals surface area (Å²) in [5.41, 5.74) is 0.767. The van der Waals surface area contributed by atoms with E-state index in [0.717, 1.165) is 23.7 Å². The lowest BCUT2D eigenvalue weighted by atomic mass is 10.1. The van der Waals surface area contributed by atoms with Crippen molar-refractivity contribution >= 4 is 16.3 Å². The summed E-state index contributed by atoms with van der Waals surface area (Å²) in [5.74, 6) is 0.260. The van der Waals surface area contributed by atoms with Gasteiger partial charge in [0.05, 0.1) is 11.7 Å². The highest BCUT2D eigenvalue weighted by atomic mass is 32.1. The number of rotatable bonds is 2. The molecule has 0 unspecified atom stereocenters. The minimum absolute atomic E-state index is 0.0768. The molecule has 3 rings (SSSR count). The van der Waals surface area contributed by atoms with Gasteiger partial charge in [-0.15, -0.1) is 0 Å². The Balaban J connectivity index is 2.04. The van der Waals surface area contributed by atoms with Crippen LogP contribution in [0.2, 0.25) is 0 Å².